The Kier molecular flexibility index (Phi) is 3.09. The number of rotatable bonds is 4. The average molecular weight is 165 g/mol. The molecule has 0 aromatic carbocycles. The second-order valence-electron chi connectivity index (χ2n) is 2.96. The molecule has 0 saturated heterocycles. The fourth-order valence-corrected chi connectivity index (χ4v) is 1.36. The molecule has 0 aliphatic rings. The van der Waals surface area contributed by atoms with Crippen LogP contribution in [0.1, 0.15) is 37.2 Å². The molecule has 0 aliphatic heterocycles. The van der Waals surface area contributed by atoms with E-state index in [4.69, 9.17) is 0 Å². The van der Waals surface area contributed by atoms with Crippen molar-refractivity contribution in [3.63, 3.8) is 0 Å². The van der Waals surface area contributed by atoms with Gasteiger partial charge in [-0.2, -0.15) is 0 Å². The van der Waals surface area contributed by atoms with Crippen LogP contribution in [-0.4, -0.2) is 10.8 Å². The standard InChI is InChI=1S/C10H15NO/c1-3-8(4-2)10(12)9-6-5-7-11-9/h5-8,11H,3-4H2,1-2H3. The third-order valence-corrected chi connectivity index (χ3v) is 2.22. The number of carbonyl (C=O) groups excluding carboxylic acids is 1. The van der Waals surface area contributed by atoms with Gasteiger partial charge < -0.3 is 4.98 Å². The maximum absolute atomic E-state index is 11.6. The van der Waals surface area contributed by atoms with E-state index in [0.29, 0.717) is 0 Å². The van der Waals surface area contributed by atoms with Gasteiger partial charge in [0.05, 0.1) is 5.69 Å². The van der Waals surface area contributed by atoms with Crippen LogP contribution in [0, 0.1) is 5.92 Å². The SMILES string of the molecule is CCC(CC)C(=O)c1ccc[nH]1. The lowest BCUT2D eigenvalue weighted by molar-refractivity contribution is 0.0909. The third kappa shape index (κ3) is 1.76. The van der Waals surface area contributed by atoms with E-state index in [0.717, 1.165) is 18.5 Å². The fourth-order valence-electron chi connectivity index (χ4n) is 1.36. The Balaban J connectivity index is 2.70. The van der Waals surface area contributed by atoms with E-state index < -0.39 is 0 Å². The van der Waals surface area contributed by atoms with Crippen molar-refractivity contribution in [3.05, 3.63) is 24.0 Å². The first-order valence-corrected chi connectivity index (χ1v) is 4.47. The van der Waals surface area contributed by atoms with E-state index >= 15 is 0 Å². The van der Waals surface area contributed by atoms with E-state index in [2.05, 4.69) is 18.8 Å². The van der Waals surface area contributed by atoms with Crippen molar-refractivity contribution in [2.75, 3.05) is 0 Å². The Morgan fingerprint density at radius 3 is 2.58 bits per heavy atom. The molecule has 1 N–H and O–H groups in total. The summed E-state index contributed by atoms with van der Waals surface area (Å²) in [4.78, 5) is 14.6. The van der Waals surface area contributed by atoms with Gasteiger partial charge in [0.15, 0.2) is 5.78 Å². The molecule has 0 aliphatic carbocycles. The summed E-state index contributed by atoms with van der Waals surface area (Å²) < 4.78 is 0. The van der Waals surface area contributed by atoms with E-state index in [1.54, 1.807) is 6.20 Å². The summed E-state index contributed by atoms with van der Waals surface area (Å²) in [6, 6.07) is 3.69. The zero-order valence-corrected chi connectivity index (χ0v) is 7.63. The van der Waals surface area contributed by atoms with Crippen LogP contribution < -0.4 is 0 Å². The van der Waals surface area contributed by atoms with Crippen LogP contribution in [0.25, 0.3) is 0 Å². The molecule has 0 radical (unpaired) electrons. The smallest absolute Gasteiger partial charge is 0.182 e. The second kappa shape index (κ2) is 4.10. The van der Waals surface area contributed by atoms with Crippen molar-refractivity contribution in [2.24, 2.45) is 5.92 Å². The van der Waals surface area contributed by atoms with Crippen LogP contribution in [-0.2, 0) is 0 Å². The molecule has 0 saturated carbocycles. The van der Waals surface area contributed by atoms with E-state index in [1.807, 2.05) is 12.1 Å². The molecule has 0 atom stereocenters. The predicted molar refractivity (Wildman–Crippen MR) is 49.2 cm³/mol. The summed E-state index contributed by atoms with van der Waals surface area (Å²) in [7, 11) is 0. The summed E-state index contributed by atoms with van der Waals surface area (Å²) in [5.74, 6) is 0.425. The largest absolute Gasteiger partial charge is 0.359 e. The highest BCUT2D eigenvalue weighted by Gasteiger charge is 2.16. The Bertz CT molecular complexity index is 234. The van der Waals surface area contributed by atoms with Crippen molar-refractivity contribution in [2.45, 2.75) is 26.7 Å². The summed E-state index contributed by atoms with van der Waals surface area (Å²) in [5, 5.41) is 0. The first-order chi connectivity index (χ1) is 5.79. The van der Waals surface area contributed by atoms with Gasteiger partial charge in [0.1, 0.15) is 0 Å². The summed E-state index contributed by atoms with van der Waals surface area (Å²) >= 11 is 0. The molecule has 1 aromatic heterocycles. The van der Waals surface area contributed by atoms with Gasteiger partial charge in [0.25, 0.3) is 0 Å². The molecule has 0 unspecified atom stereocenters. The first kappa shape index (κ1) is 9.04. The lowest BCUT2D eigenvalue weighted by atomic mass is 9.96. The molecule has 1 heterocycles. The quantitative estimate of drug-likeness (QED) is 0.683. The van der Waals surface area contributed by atoms with Gasteiger partial charge >= 0.3 is 0 Å². The Labute approximate surface area is 73.0 Å². The van der Waals surface area contributed by atoms with E-state index in [9.17, 15) is 4.79 Å². The highest BCUT2D eigenvalue weighted by Crippen LogP contribution is 2.13. The molecule has 0 amide bonds. The highest BCUT2D eigenvalue weighted by atomic mass is 16.1. The lowest BCUT2D eigenvalue weighted by Gasteiger charge is -2.08. The van der Waals surface area contributed by atoms with Crippen LogP contribution in [0.5, 0.6) is 0 Å². The van der Waals surface area contributed by atoms with Crippen LogP contribution in [0.15, 0.2) is 18.3 Å². The minimum Gasteiger partial charge on any atom is -0.359 e. The van der Waals surface area contributed by atoms with E-state index in [-0.39, 0.29) is 11.7 Å². The molecule has 12 heavy (non-hydrogen) atoms. The maximum atomic E-state index is 11.6. The molecule has 0 bridgehead atoms. The molecule has 1 rings (SSSR count). The van der Waals surface area contributed by atoms with Gasteiger partial charge in [-0.3, -0.25) is 4.79 Å². The van der Waals surface area contributed by atoms with Crippen LogP contribution in [0.2, 0.25) is 0 Å². The van der Waals surface area contributed by atoms with Crippen LogP contribution in [0.3, 0.4) is 0 Å². The summed E-state index contributed by atoms with van der Waals surface area (Å²) in [6.45, 7) is 4.10. The second-order valence-corrected chi connectivity index (χ2v) is 2.96. The molecule has 2 nitrogen and oxygen atoms in total. The highest BCUT2D eigenvalue weighted by molar-refractivity contribution is 5.96. The minimum atomic E-state index is 0.184. The topological polar surface area (TPSA) is 32.9 Å². The molecule has 1 aromatic rings. The zero-order valence-electron chi connectivity index (χ0n) is 7.63. The number of hydrogen-bond acceptors (Lipinski definition) is 1. The average Bonchev–Trinajstić information content (AvgIpc) is 2.58. The first-order valence-electron chi connectivity index (χ1n) is 4.47. The van der Waals surface area contributed by atoms with Crippen molar-refractivity contribution in [1.82, 2.24) is 4.98 Å². The maximum Gasteiger partial charge on any atom is 0.182 e. The Hall–Kier alpha value is -1.05. The summed E-state index contributed by atoms with van der Waals surface area (Å²) in [5.41, 5.74) is 0.740. The number of Topliss-reactive ketones (excluding diaryl/α,β-unsaturated/α-hetero) is 1. The lowest BCUT2D eigenvalue weighted by Crippen LogP contribution is -2.13. The Morgan fingerprint density at radius 1 is 1.50 bits per heavy atom. The van der Waals surface area contributed by atoms with Gasteiger partial charge in [0, 0.05) is 12.1 Å². The molecular weight excluding hydrogens is 150 g/mol. The van der Waals surface area contributed by atoms with E-state index in [1.165, 1.54) is 0 Å². The zero-order chi connectivity index (χ0) is 8.97. The predicted octanol–water partition coefficient (Wildman–Crippen LogP) is 2.63. The Morgan fingerprint density at radius 2 is 2.17 bits per heavy atom. The summed E-state index contributed by atoms with van der Waals surface area (Å²) in [6.07, 6.45) is 3.64. The fraction of sp³-hybridized carbons (Fsp3) is 0.500. The molecule has 0 fully saturated rings. The van der Waals surface area contributed by atoms with Crippen LogP contribution in [0.4, 0.5) is 0 Å². The molecular formula is C10H15NO. The van der Waals surface area contributed by atoms with Crippen molar-refractivity contribution < 1.29 is 4.79 Å². The van der Waals surface area contributed by atoms with Gasteiger partial charge in [0.2, 0.25) is 0 Å². The van der Waals surface area contributed by atoms with Crippen molar-refractivity contribution >= 4 is 5.78 Å². The monoisotopic (exact) mass is 165 g/mol. The van der Waals surface area contributed by atoms with Crippen LogP contribution >= 0.6 is 0 Å². The number of nitrogens with one attached hydrogen (secondary N) is 1. The number of H-pyrrole nitrogens is 1. The number of ketones is 1. The molecule has 2 heteroatoms. The van der Waals surface area contributed by atoms with Gasteiger partial charge in [-0.25, -0.2) is 0 Å². The number of carbonyl (C=O) groups is 1. The van der Waals surface area contributed by atoms with Crippen molar-refractivity contribution in [3.8, 4) is 0 Å². The van der Waals surface area contributed by atoms with Gasteiger partial charge in [-0.1, -0.05) is 13.8 Å². The number of aromatic nitrogens is 1. The number of hydrogen-bond donors (Lipinski definition) is 1. The normalized spacial score (nSPS) is 10.6. The van der Waals surface area contributed by atoms with Crippen molar-refractivity contribution in [1.29, 1.82) is 0 Å². The van der Waals surface area contributed by atoms with Gasteiger partial charge in [-0.15, -0.1) is 0 Å². The van der Waals surface area contributed by atoms with Gasteiger partial charge in [-0.05, 0) is 25.0 Å². The molecule has 66 valence electrons. The number of aromatic amines is 1. The third-order valence-electron chi connectivity index (χ3n) is 2.22. The minimum absolute atomic E-state index is 0.184. The molecule has 0 spiro atoms.